The van der Waals surface area contributed by atoms with Crippen LogP contribution in [0.5, 0.6) is 0 Å². The molecule has 2 heterocycles. The van der Waals surface area contributed by atoms with Crippen LogP contribution in [0, 0.1) is 6.92 Å². The van der Waals surface area contributed by atoms with Crippen molar-refractivity contribution in [3.05, 3.63) is 17.7 Å². The van der Waals surface area contributed by atoms with Crippen LogP contribution in [0.4, 0.5) is 24.0 Å². The SMILES string of the molecule is Cc1nn(C)cc1Nc1nc(C(F)(F)F)ns1. The fourth-order valence-electron chi connectivity index (χ4n) is 1.23. The first kappa shape index (κ1) is 11.8. The molecule has 0 radical (unpaired) electrons. The van der Waals surface area contributed by atoms with E-state index in [-0.39, 0.29) is 5.13 Å². The van der Waals surface area contributed by atoms with E-state index in [1.54, 1.807) is 24.9 Å². The van der Waals surface area contributed by atoms with E-state index in [9.17, 15) is 13.2 Å². The van der Waals surface area contributed by atoms with Crippen molar-refractivity contribution in [3.63, 3.8) is 0 Å². The van der Waals surface area contributed by atoms with Gasteiger partial charge >= 0.3 is 6.18 Å². The summed E-state index contributed by atoms with van der Waals surface area (Å²) in [6, 6.07) is 0. The van der Waals surface area contributed by atoms with Gasteiger partial charge in [0.25, 0.3) is 0 Å². The second kappa shape index (κ2) is 3.99. The highest BCUT2D eigenvalue weighted by atomic mass is 32.1. The van der Waals surface area contributed by atoms with Crippen molar-refractivity contribution < 1.29 is 13.2 Å². The summed E-state index contributed by atoms with van der Waals surface area (Å²) in [5, 5.41) is 6.89. The van der Waals surface area contributed by atoms with Gasteiger partial charge in [-0.2, -0.15) is 27.6 Å². The van der Waals surface area contributed by atoms with E-state index in [0.717, 1.165) is 0 Å². The minimum absolute atomic E-state index is 0.0911. The molecule has 0 aliphatic rings. The Kier molecular flexibility index (Phi) is 2.77. The lowest BCUT2D eigenvalue weighted by Gasteiger charge is -1.99. The highest BCUT2D eigenvalue weighted by Crippen LogP contribution is 2.30. The fourth-order valence-corrected chi connectivity index (χ4v) is 1.83. The molecule has 0 bridgehead atoms. The Morgan fingerprint density at radius 3 is 2.59 bits per heavy atom. The molecule has 92 valence electrons. The molecule has 0 aromatic carbocycles. The highest BCUT2D eigenvalue weighted by Gasteiger charge is 2.36. The lowest BCUT2D eigenvalue weighted by Crippen LogP contribution is -2.07. The summed E-state index contributed by atoms with van der Waals surface area (Å²) < 4.78 is 41.6. The number of hydrogen-bond acceptors (Lipinski definition) is 5. The first-order valence-electron chi connectivity index (χ1n) is 4.54. The standard InChI is InChI=1S/C8H8F3N5S/c1-4-5(3-16(2)14-4)12-7-13-6(15-17-7)8(9,10)11/h3H,1-2H3,(H,12,13,15). The molecule has 0 aliphatic carbocycles. The zero-order valence-electron chi connectivity index (χ0n) is 8.91. The summed E-state index contributed by atoms with van der Waals surface area (Å²) in [7, 11) is 1.72. The van der Waals surface area contributed by atoms with Crippen molar-refractivity contribution >= 4 is 22.4 Å². The number of nitrogens with zero attached hydrogens (tertiary/aromatic N) is 4. The number of nitrogens with one attached hydrogen (secondary N) is 1. The lowest BCUT2D eigenvalue weighted by molar-refractivity contribution is -0.144. The summed E-state index contributed by atoms with van der Waals surface area (Å²) in [6.45, 7) is 1.74. The number of aromatic nitrogens is 4. The van der Waals surface area contributed by atoms with E-state index >= 15 is 0 Å². The molecule has 0 saturated heterocycles. The molecule has 0 aliphatic heterocycles. The smallest absolute Gasteiger partial charge is 0.327 e. The number of aryl methyl sites for hydroxylation is 2. The molecule has 0 saturated carbocycles. The van der Waals surface area contributed by atoms with Crippen LogP contribution in [0.3, 0.4) is 0 Å². The third-order valence-electron chi connectivity index (χ3n) is 1.93. The Hall–Kier alpha value is -1.64. The van der Waals surface area contributed by atoms with E-state index < -0.39 is 12.0 Å². The maximum atomic E-state index is 12.3. The van der Waals surface area contributed by atoms with Gasteiger partial charge in [-0.25, -0.2) is 0 Å². The van der Waals surface area contributed by atoms with E-state index in [1.165, 1.54) is 0 Å². The van der Waals surface area contributed by atoms with Gasteiger partial charge in [0.15, 0.2) is 0 Å². The predicted octanol–water partition coefficient (Wildman–Crippen LogP) is 2.34. The average Bonchev–Trinajstić information content (AvgIpc) is 2.74. The van der Waals surface area contributed by atoms with Crippen LogP contribution < -0.4 is 5.32 Å². The molecule has 0 amide bonds. The predicted molar refractivity (Wildman–Crippen MR) is 56.1 cm³/mol. The van der Waals surface area contributed by atoms with Crippen LogP contribution in [0.15, 0.2) is 6.20 Å². The zero-order valence-corrected chi connectivity index (χ0v) is 9.72. The van der Waals surface area contributed by atoms with Crippen molar-refractivity contribution in [1.29, 1.82) is 0 Å². The molecule has 2 rings (SSSR count). The van der Waals surface area contributed by atoms with E-state index in [0.29, 0.717) is 22.9 Å². The van der Waals surface area contributed by atoms with Gasteiger partial charge in [0.2, 0.25) is 11.0 Å². The van der Waals surface area contributed by atoms with Crippen LogP contribution in [0.1, 0.15) is 11.5 Å². The number of anilines is 2. The summed E-state index contributed by atoms with van der Waals surface area (Å²) in [5.74, 6) is -1.13. The zero-order chi connectivity index (χ0) is 12.6. The van der Waals surface area contributed by atoms with Crippen LogP contribution in [-0.4, -0.2) is 19.1 Å². The van der Waals surface area contributed by atoms with Crippen molar-refractivity contribution in [2.24, 2.45) is 7.05 Å². The topological polar surface area (TPSA) is 55.6 Å². The molecule has 0 unspecified atom stereocenters. The second-order valence-corrected chi connectivity index (χ2v) is 4.10. The Balaban J connectivity index is 2.20. The lowest BCUT2D eigenvalue weighted by atomic mass is 10.4. The molecule has 1 N–H and O–H groups in total. The van der Waals surface area contributed by atoms with Crippen LogP contribution in [0.25, 0.3) is 0 Å². The van der Waals surface area contributed by atoms with E-state index in [4.69, 9.17) is 0 Å². The third kappa shape index (κ3) is 2.54. The monoisotopic (exact) mass is 263 g/mol. The van der Waals surface area contributed by atoms with Gasteiger partial charge in [-0.1, -0.05) is 0 Å². The Morgan fingerprint density at radius 1 is 1.41 bits per heavy atom. The molecule has 2 aromatic heterocycles. The molecular weight excluding hydrogens is 255 g/mol. The summed E-state index contributed by atoms with van der Waals surface area (Å²) in [6.07, 6.45) is -2.86. The van der Waals surface area contributed by atoms with Gasteiger partial charge in [0, 0.05) is 24.8 Å². The van der Waals surface area contributed by atoms with Gasteiger partial charge < -0.3 is 5.32 Å². The quantitative estimate of drug-likeness (QED) is 0.903. The minimum atomic E-state index is -4.51. The van der Waals surface area contributed by atoms with Gasteiger partial charge in [0.05, 0.1) is 11.4 Å². The number of halogens is 3. The van der Waals surface area contributed by atoms with Crippen molar-refractivity contribution in [2.75, 3.05) is 5.32 Å². The number of alkyl halides is 3. The van der Waals surface area contributed by atoms with Crippen molar-refractivity contribution in [3.8, 4) is 0 Å². The summed E-state index contributed by atoms with van der Waals surface area (Å²) in [5.41, 5.74) is 1.29. The molecule has 0 spiro atoms. The van der Waals surface area contributed by atoms with Crippen LogP contribution >= 0.6 is 11.5 Å². The Labute approximate surface area is 98.5 Å². The number of rotatable bonds is 2. The molecular formula is C8H8F3N5S. The summed E-state index contributed by atoms with van der Waals surface area (Å²) >= 11 is 0.660. The maximum Gasteiger partial charge on any atom is 0.452 e. The van der Waals surface area contributed by atoms with Crippen molar-refractivity contribution in [1.82, 2.24) is 19.1 Å². The fraction of sp³-hybridized carbons (Fsp3) is 0.375. The largest absolute Gasteiger partial charge is 0.452 e. The van der Waals surface area contributed by atoms with Gasteiger partial charge in [0.1, 0.15) is 0 Å². The second-order valence-electron chi connectivity index (χ2n) is 3.35. The van der Waals surface area contributed by atoms with Gasteiger partial charge in [-0.15, -0.1) is 0 Å². The number of hydrogen-bond donors (Lipinski definition) is 1. The van der Waals surface area contributed by atoms with E-state index in [2.05, 4.69) is 19.8 Å². The molecule has 2 aromatic rings. The van der Waals surface area contributed by atoms with Gasteiger partial charge in [-0.3, -0.25) is 4.68 Å². The van der Waals surface area contributed by atoms with Crippen LogP contribution in [0.2, 0.25) is 0 Å². The minimum Gasteiger partial charge on any atom is -0.327 e. The molecule has 17 heavy (non-hydrogen) atoms. The van der Waals surface area contributed by atoms with Crippen LogP contribution in [-0.2, 0) is 13.2 Å². The average molecular weight is 263 g/mol. The summed E-state index contributed by atoms with van der Waals surface area (Å²) in [4.78, 5) is 3.36. The highest BCUT2D eigenvalue weighted by molar-refractivity contribution is 7.09. The maximum absolute atomic E-state index is 12.3. The Bertz CT molecular complexity index is 529. The molecule has 5 nitrogen and oxygen atoms in total. The Morgan fingerprint density at radius 2 is 2.12 bits per heavy atom. The molecule has 9 heteroatoms. The first-order valence-corrected chi connectivity index (χ1v) is 5.32. The van der Waals surface area contributed by atoms with E-state index in [1.807, 2.05) is 0 Å². The first-order chi connectivity index (χ1) is 7.86. The third-order valence-corrected chi connectivity index (χ3v) is 2.57. The molecule has 0 atom stereocenters. The normalized spacial score (nSPS) is 11.8. The van der Waals surface area contributed by atoms with Crippen molar-refractivity contribution in [2.45, 2.75) is 13.1 Å². The van der Waals surface area contributed by atoms with Gasteiger partial charge in [-0.05, 0) is 6.92 Å². The molecule has 0 fully saturated rings.